The lowest BCUT2D eigenvalue weighted by atomic mass is 10.2. The van der Waals surface area contributed by atoms with Crippen LogP contribution in [-0.2, 0) is 0 Å². The molecule has 3 rings (SSSR count). The molecule has 1 atom stereocenters. The van der Waals surface area contributed by atoms with Crippen LogP contribution in [-0.4, -0.2) is 24.7 Å². The first kappa shape index (κ1) is 15.5. The lowest BCUT2D eigenvalue weighted by Gasteiger charge is -2.10. The number of methoxy groups -OCH3 is 1. The van der Waals surface area contributed by atoms with Crippen molar-refractivity contribution >= 4 is 27.3 Å². The molecule has 0 fully saturated rings. The van der Waals surface area contributed by atoms with Crippen LogP contribution in [0.3, 0.4) is 0 Å². The Kier molecular flexibility index (Phi) is 4.60. The maximum Gasteiger partial charge on any atom is 0.251 e. The molecule has 1 heterocycles. The molecule has 1 amide bonds. The lowest BCUT2D eigenvalue weighted by molar-refractivity contribution is 0.0917. The van der Waals surface area contributed by atoms with Gasteiger partial charge in [-0.15, -0.1) is 11.3 Å². The molecule has 118 valence electrons. The van der Waals surface area contributed by atoms with Gasteiger partial charge in [0.15, 0.2) is 0 Å². The molecule has 0 aliphatic rings. The number of carbonyl (C=O) groups excluding carboxylic acids is 1. The molecule has 0 spiro atoms. The Bertz CT molecular complexity index is 795. The van der Waals surface area contributed by atoms with Crippen molar-refractivity contribution in [2.75, 3.05) is 13.7 Å². The average molecular weight is 327 g/mol. The van der Waals surface area contributed by atoms with E-state index in [1.54, 1.807) is 31.4 Å². The number of hydrogen-bond donors (Lipinski definition) is 2. The molecular weight excluding hydrogens is 310 g/mol. The number of amides is 1. The molecule has 2 aromatic carbocycles. The summed E-state index contributed by atoms with van der Waals surface area (Å²) in [5, 5.41) is 14.1. The maximum absolute atomic E-state index is 12.1. The molecule has 1 aromatic heterocycles. The van der Waals surface area contributed by atoms with Gasteiger partial charge in [-0.05, 0) is 35.7 Å². The van der Waals surface area contributed by atoms with Crippen molar-refractivity contribution in [2.24, 2.45) is 0 Å². The molecule has 2 N–H and O–H groups in total. The second-order valence-corrected chi connectivity index (χ2v) is 6.26. The fraction of sp³-hybridized carbons (Fsp3) is 0.167. The van der Waals surface area contributed by atoms with Crippen LogP contribution in [0.5, 0.6) is 5.75 Å². The Hall–Kier alpha value is -2.37. The van der Waals surface area contributed by atoms with Crippen LogP contribution < -0.4 is 10.1 Å². The van der Waals surface area contributed by atoms with Gasteiger partial charge in [-0.2, -0.15) is 0 Å². The van der Waals surface area contributed by atoms with Crippen LogP contribution in [0.1, 0.15) is 21.3 Å². The molecule has 4 nitrogen and oxygen atoms in total. The molecule has 0 aliphatic carbocycles. The number of carbonyl (C=O) groups is 1. The summed E-state index contributed by atoms with van der Waals surface area (Å²) in [6, 6.07) is 16.9. The van der Waals surface area contributed by atoms with Gasteiger partial charge in [-0.1, -0.05) is 24.3 Å². The van der Waals surface area contributed by atoms with Gasteiger partial charge in [0, 0.05) is 21.7 Å². The van der Waals surface area contributed by atoms with Crippen LogP contribution in [0.2, 0.25) is 0 Å². The van der Waals surface area contributed by atoms with Crippen LogP contribution in [0.25, 0.3) is 10.1 Å². The summed E-state index contributed by atoms with van der Waals surface area (Å²) in [5.74, 6) is 0.395. The minimum absolute atomic E-state index is 0.170. The monoisotopic (exact) mass is 327 g/mol. The van der Waals surface area contributed by atoms with Crippen LogP contribution in [0.4, 0.5) is 0 Å². The highest BCUT2D eigenvalue weighted by Crippen LogP contribution is 2.29. The second kappa shape index (κ2) is 6.81. The van der Waals surface area contributed by atoms with E-state index in [1.807, 2.05) is 30.3 Å². The topological polar surface area (TPSA) is 58.6 Å². The number of hydrogen-bond acceptors (Lipinski definition) is 4. The summed E-state index contributed by atoms with van der Waals surface area (Å²) in [5.41, 5.74) is 0.507. The highest BCUT2D eigenvalue weighted by Gasteiger charge is 2.14. The summed E-state index contributed by atoms with van der Waals surface area (Å²) in [4.78, 5) is 13.0. The second-order valence-electron chi connectivity index (χ2n) is 5.14. The molecule has 0 saturated carbocycles. The summed E-state index contributed by atoms with van der Waals surface area (Å²) >= 11 is 1.54. The third kappa shape index (κ3) is 3.52. The first-order valence-electron chi connectivity index (χ1n) is 7.26. The van der Waals surface area contributed by atoms with E-state index in [4.69, 9.17) is 4.74 Å². The Morgan fingerprint density at radius 3 is 2.83 bits per heavy atom. The van der Waals surface area contributed by atoms with Gasteiger partial charge in [0.05, 0.1) is 7.11 Å². The average Bonchev–Trinajstić information content (AvgIpc) is 3.03. The van der Waals surface area contributed by atoms with E-state index in [0.717, 1.165) is 15.0 Å². The molecular formula is C18H17NO3S. The number of ether oxygens (including phenoxy) is 1. The van der Waals surface area contributed by atoms with Gasteiger partial charge < -0.3 is 15.2 Å². The molecule has 0 saturated heterocycles. The van der Waals surface area contributed by atoms with E-state index in [1.165, 1.54) is 11.3 Å². The summed E-state index contributed by atoms with van der Waals surface area (Å²) in [6.45, 7) is 0.170. The van der Waals surface area contributed by atoms with Crippen molar-refractivity contribution in [3.8, 4) is 5.75 Å². The molecule has 0 aliphatic heterocycles. The van der Waals surface area contributed by atoms with Crippen molar-refractivity contribution in [3.05, 3.63) is 65.0 Å². The van der Waals surface area contributed by atoms with E-state index >= 15 is 0 Å². The van der Waals surface area contributed by atoms with Gasteiger partial charge in [0.1, 0.15) is 11.9 Å². The highest BCUT2D eigenvalue weighted by molar-refractivity contribution is 7.19. The third-order valence-electron chi connectivity index (χ3n) is 3.56. The fourth-order valence-corrected chi connectivity index (χ4v) is 3.37. The van der Waals surface area contributed by atoms with Crippen LogP contribution >= 0.6 is 11.3 Å². The Labute approximate surface area is 138 Å². The van der Waals surface area contributed by atoms with Crippen molar-refractivity contribution in [1.29, 1.82) is 0 Å². The zero-order valence-corrected chi connectivity index (χ0v) is 13.5. The molecule has 1 unspecified atom stereocenters. The first-order chi connectivity index (χ1) is 11.2. The van der Waals surface area contributed by atoms with E-state index in [-0.39, 0.29) is 12.5 Å². The minimum Gasteiger partial charge on any atom is -0.497 e. The summed E-state index contributed by atoms with van der Waals surface area (Å²) in [6.07, 6.45) is -0.720. The molecule has 23 heavy (non-hydrogen) atoms. The van der Waals surface area contributed by atoms with Crippen molar-refractivity contribution in [1.82, 2.24) is 5.32 Å². The normalized spacial score (nSPS) is 12.1. The maximum atomic E-state index is 12.1. The van der Waals surface area contributed by atoms with Gasteiger partial charge in [-0.25, -0.2) is 0 Å². The first-order valence-corrected chi connectivity index (χ1v) is 8.08. The Morgan fingerprint density at radius 1 is 1.22 bits per heavy atom. The van der Waals surface area contributed by atoms with Crippen molar-refractivity contribution in [3.63, 3.8) is 0 Å². The van der Waals surface area contributed by atoms with E-state index in [9.17, 15) is 9.90 Å². The largest absolute Gasteiger partial charge is 0.497 e. The number of aliphatic hydroxyl groups is 1. The van der Waals surface area contributed by atoms with Gasteiger partial charge >= 0.3 is 0 Å². The quantitative estimate of drug-likeness (QED) is 0.755. The zero-order chi connectivity index (χ0) is 16.2. The van der Waals surface area contributed by atoms with Crippen LogP contribution in [0.15, 0.2) is 54.6 Å². The smallest absolute Gasteiger partial charge is 0.251 e. The predicted molar refractivity (Wildman–Crippen MR) is 92.1 cm³/mol. The van der Waals surface area contributed by atoms with Crippen molar-refractivity contribution < 1.29 is 14.6 Å². The molecule has 5 heteroatoms. The predicted octanol–water partition coefficient (Wildman–Crippen LogP) is 3.37. The lowest BCUT2D eigenvalue weighted by Crippen LogP contribution is -2.28. The minimum atomic E-state index is -0.720. The van der Waals surface area contributed by atoms with E-state index < -0.39 is 6.10 Å². The number of aliphatic hydroxyl groups excluding tert-OH is 1. The molecule has 3 aromatic rings. The summed E-state index contributed by atoms with van der Waals surface area (Å²) < 4.78 is 6.23. The van der Waals surface area contributed by atoms with Gasteiger partial charge in [0.2, 0.25) is 0 Å². The fourth-order valence-electron chi connectivity index (χ4n) is 2.32. The third-order valence-corrected chi connectivity index (χ3v) is 4.78. The number of benzene rings is 2. The summed E-state index contributed by atoms with van der Waals surface area (Å²) in [7, 11) is 1.56. The van der Waals surface area contributed by atoms with E-state index in [0.29, 0.717) is 11.3 Å². The Morgan fingerprint density at radius 2 is 2.04 bits per heavy atom. The number of nitrogens with one attached hydrogen (secondary N) is 1. The zero-order valence-electron chi connectivity index (χ0n) is 12.7. The number of rotatable bonds is 5. The molecule has 0 bridgehead atoms. The molecule has 0 radical (unpaired) electrons. The van der Waals surface area contributed by atoms with Gasteiger partial charge in [-0.3, -0.25) is 4.79 Å². The van der Waals surface area contributed by atoms with E-state index in [2.05, 4.69) is 5.32 Å². The SMILES string of the molecule is COc1cccc(C(=O)NCC(O)c2cc3ccccc3s2)c1. The highest BCUT2D eigenvalue weighted by atomic mass is 32.1. The Balaban J connectivity index is 1.65. The van der Waals surface area contributed by atoms with Crippen molar-refractivity contribution in [2.45, 2.75) is 6.10 Å². The number of fused-ring (bicyclic) bond motifs is 1. The van der Waals surface area contributed by atoms with Gasteiger partial charge in [0.25, 0.3) is 5.91 Å². The standard InChI is InChI=1S/C18H17NO3S/c1-22-14-7-4-6-13(9-14)18(21)19-11-15(20)17-10-12-5-2-3-8-16(12)23-17/h2-10,15,20H,11H2,1H3,(H,19,21). The number of thiophene rings is 1. The van der Waals surface area contributed by atoms with Crippen LogP contribution in [0, 0.1) is 0 Å².